The van der Waals surface area contributed by atoms with E-state index in [0.29, 0.717) is 48.0 Å². The van der Waals surface area contributed by atoms with E-state index >= 15 is 0 Å². The summed E-state index contributed by atoms with van der Waals surface area (Å²) in [5.74, 6) is -1.13. The number of hydrogen-bond acceptors (Lipinski definition) is 7. The van der Waals surface area contributed by atoms with Gasteiger partial charge in [-0.15, -0.1) is 0 Å². The number of hydrogen-bond donors (Lipinski definition) is 0. The summed E-state index contributed by atoms with van der Waals surface area (Å²) >= 11 is 6.66. The van der Waals surface area contributed by atoms with Crippen LogP contribution in [0.1, 0.15) is 38.1 Å². The van der Waals surface area contributed by atoms with Crippen LogP contribution in [0.5, 0.6) is 0 Å². The molecule has 0 unspecified atom stereocenters. The molecule has 1 fully saturated rings. The fourth-order valence-corrected chi connectivity index (χ4v) is 5.28. The van der Waals surface area contributed by atoms with Gasteiger partial charge in [0.15, 0.2) is 11.4 Å². The summed E-state index contributed by atoms with van der Waals surface area (Å²) in [7, 11) is 0. The Balaban J connectivity index is 1.79. The number of carbonyl (C=O) groups is 1. The van der Waals surface area contributed by atoms with E-state index in [4.69, 9.17) is 16.1 Å². The molecular weight excluding hydrogens is 542 g/mol. The fraction of sp³-hybridized carbons (Fsp3) is 0.321. The number of fused-ring (bicyclic) bond motifs is 1. The second-order valence-electron chi connectivity index (χ2n) is 10.0. The Morgan fingerprint density at radius 2 is 1.98 bits per heavy atom. The molecule has 1 saturated heterocycles. The molecule has 0 saturated carbocycles. The van der Waals surface area contributed by atoms with Gasteiger partial charge in [0.1, 0.15) is 28.8 Å². The van der Waals surface area contributed by atoms with Gasteiger partial charge in [-0.2, -0.15) is 4.98 Å². The van der Waals surface area contributed by atoms with Crippen LogP contribution in [0.15, 0.2) is 46.2 Å². The fourth-order valence-electron chi connectivity index (χ4n) is 5.03. The summed E-state index contributed by atoms with van der Waals surface area (Å²) in [6.07, 6.45) is 1.27. The molecule has 1 amide bonds. The molecule has 1 atom stereocenters. The molecule has 40 heavy (non-hydrogen) atoms. The number of aryl methyl sites for hydroxylation is 1. The summed E-state index contributed by atoms with van der Waals surface area (Å²) < 4.78 is 35.4. The lowest BCUT2D eigenvalue weighted by Crippen LogP contribution is -2.54. The van der Waals surface area contributed by atoms with Crippen molar-refractivity contribution in [2.24, 2.45) is 0 Å². The smallest absolute Gasteiger partial charge is 0.356 e. The third-order valence-electron chi connectivity index (χ3n) is 6.98. The number of aromatic nitrogens is 4. The number of benzene rings is 1. The molecule has 0 radical (unpaired) electrons. The average molecular weight is 569 g/mol. The van der Waals surface area contributed by atoms with Gasteiger partial charge in [0.05, 0.1) is 16.1 Å². The van der Waals surface area contributed by atoms with E-state index in [2.05, 4.69) is 21.7 Å². The Morgan fingerprint density at radius 1 is 1.23 bits per heavy atom. The largest absolute Gasteiger partial charge is 0.359 e. The van der Waals surface area contributed by atoms with Gasteiger partial charge in [-0.05, 0) is 38.1 Å². The maximum Gasteiger partial charge on any atom is 0.356 e. The van der Waals surface area contributed by atoms with Crippen LogP contribution in [0, 0.1) is 18.6 Å². The van der Waals surface area contributed by atoms with E-state index in [1.807, 2.05) is 25.7 Å². The normalized spacial score (nSPS) is 15.8. The first-order chi connectivity index (χ1) is 19.0. The predicted molar refractivity (Wildman–Crippen MR) is 148 cm³/mol. The number of rotatable bonds is 5. The molecule has 0 bridgehead atoms. The number of carbonyl (C=O) groups excluding carboxylic acids is 1. The van der Waals surface area contributed by atoms with Crippen molar-refractivity contribution in [3.05, 3.63) is 75.5 Å². The Morgan fingerprint density at radius 3 is 2.62 bits per heavy atom. The molecule has 208 valence electrons. The van der Waals surface area contributed by atoms with Crippen LogP contribution in [0.2, 0.25) is 5.02 Å². The van der Waals surface area contributed by atoms with Gasteiger partial charge in [-0.3, -0.25) is 4.79 Å². The number of amides is 1. The number of anilines is 1. The van der Waals surface area contributed by atoms with E-state index < -0.39 is 17.3 Å². The Kier molecular flexibility index (Phi) is 7.17. The highest BCUT2D eigenvalue weighted by Gasteiger charge is 2.31. The summed E-state index contributed by atoms with van der Waals surface area (Å²) in [6, 6.07) is 4.47. The molecule has 4 aromatic rings. The van der Waals surface area contributed by atoms with Crippen molar-refractivity contribution < 1.29 is 18.1 Å². The van der Waals surface area contributed by atoms with Gasteiger partial charge in [-0.1, -0.05) is 37.2 Å². The molecule has 3 aromatic heterocycles. The number of halogens is 3. The molecule has 1 aliphatic rings. The molecule has 1 aliphatic heterocycles. The molecule has 12 heteroatoms. The number of pyridine rings is 1. The lowest BCUT2D eigenvalue weighted by Gasteiger charge is -2.40. The van der Waals surface area contributed by atoms with Gasteiger partial charge in [0.25, 0.3) is 0 Å². The standard InChI is InChI=1S/C28H27ClF2N6O3/c1-6-22(38)35-9-10-36(15(4)13-35)26-19-12-20(29)23(18-8-7-17(30)11-21(18)31)32-27(19)37(28(39)33-26)24-16(5)34-40-25(24)14(2)3/h6-8,11-12,14-15H,1,9-10,13H2,2-5H3/t15-/m0/s1. The van der Waals surface area contributed by atoms with E-state index in [0.717, 1.165) is 12.1 Å². The van der Waals surface area contributed by atoms with Crippen LogP contribution in [-0.2, 0) is 4.79 Å². The van der Waals surface area contributed by atoms with Crippen molar-refractivity contribution in [2.45, 2.75) is 39.7 Å². The molecule has 0 N–H and O–H groups in total. The second kappa shape index (κ2) is 10.5. The first kappa shape index (κ1) is 27.4. The molecule has 5 rings (SSSR count). The van der Waals surface area contributed by atoms with Crippen LogP contribution in [-0.4, -0.2) is 56.2 Å². The minimum atomic E-state index is -0.849. The van der Waals surface area contributed by atoms with Crippen molar-refractivity contribution in [2.75, 3.05) is 24.5 Å². The highest BCUT2D eigenvalue weighted by Crippen LogP contribution is 2.36. The third kappa shape index (κ3) is 4.64. The van der Waals surface area contributed by atoms with Gasteiger partial charge in [-0.25, -0.2) is 23.1 Å². The van der Waals surface area contributed by atoms with Gasteiger partial charge in [0.2, 0.25) is 5.91 Å². The third-order valence-corrected chi connectivity index (χ3v) is 7.27. The first-order valence-corrected chi connectivity index (χ1v) is 13.1. The monoisotopic (exact) mass is 568 g/mol. The van der Waals surface area contributed by atoms with Gasteiger partial charge < -0.3 is 14.3 Å². The lowest BCUT2D eigenvalue weighted by atomic mass is 10.1. The zero-order valence-corrected chi connectivity index (χ0v) is 23.2. The highest BCUT2D eigenvalue weighted by molar-refractivity contribution is 6.33. The van der Waals surface area contributed by atoms with Gasteiger partial charge >= 0.3 is 5.69 Å². The molecule has 9 nitrogen and oxygen atoms in total. The molecule has 0 spiro atoms. The summed E-state index contributed by atoms with van der Waals surface area (Å²) in [6.45, 7) is 12.1. The number of piperazine rings is 1. The summed E-state index contributed by atoms with van der Waals surface area (Å²) in [4.78, 5) is 38.7. The van der Waals surface area contributed by atoms with Gasteiger partial charge in [0, 0.05) is 43.2 Å². The molecule has 4 heterocycles. The quantitative estimate of drug-likeness (QED) is 0.312. The zero-order chi connectivity index (χ0) is 28.9. The Hall–Kier alpha value is -4.12. The summed E-state index contributed by atoms with van der Waals surface area (Å²) in [5, 5.41) is 4.59. The van der Waals surface area contributed by atoms with E-state index in [-0.39, 0.29) is 39.8 Å². The molecular formula is C28H27ClF2N6O3. The van der Waals surface area contributed by atoms with Crippen LogP contribution >= 0.6 is 11.6 Å². The lowest BCUT2D eigenvalue weighted by molar-refractivity contribution is -0.126. The SMILES string of the molecule is C=CC(=O)N1CCN(c2nc(=O)n(-c3c(C)noc3C(C)C)c3nc(-c4ccc(F)cc4F)c(Cl)cc23)[C@@H](C)C1. The maximum absolute atomic E-state index is 14.9. The topological polar surface area (TPSA) is 97.4 Å². The van der Waals surface area contributed by atoms with Crippen molar-refractivity contribution in [1.29, 1.82) is 0 Å². The van der Waals surface area contributed by atoms with Crippen LogP contribution < -0.4 is 10.6 Å². The zero-order valence-electron chi connectivity index (χ0n) is 22.4. The maximum atomic E-state index is 14.9. The average Bonchev–Trinajstić information content (AvgIpc) is 3.29. The van der Waals surface area contributed by atoms with E-state index in [9.17, 15) is 18.4 Å². The van der Waals surface area contributed by atoms with Crippen molar-refractivity contribution in [1.82, 2.24) is 24.6 Å². The van der Waals surface area contributed by atoms with E-state index in [1.165, 1.54) is 16.7 Å². The van der Waals surface area contributed by atoms with Crippen molar-refractivity contribution in [3.8, 4) is 16.9 Å². The minimum absolute atomic E-state index is 0.0262. The van der Waals surface area contributed by atoms with Crippen molar-refractivity contribution in [3.63, 3.8) is 0 Å². The Bertz CT molecular complexity index is 1720. The van der Waals surface area contributed by atoms with Crippen LogP contribution in [0.3, 0.4) is 0 Å². The minimum Gasteiger partial charge on any atom is -0.359 e. The predicted octanol–water partition coefficient (Wildman–Crippen LogP) is 5.02. The van der Waals surface area contributed by atoms with E-state index in [1.54, 1.807) is 17.9 Å². The number of nitrogens with zero attached hydrogens (tertiary/aromatic N) is 6. The Labute approximate surface area is 233 Å². The van der Waals surface area contributed by atoms with Crippen LogP contribution in [0.4, 0.5) is 14.6 Å². The second-order valence-corrected chi connectivity index (χ2v) is 10.4. The summed E-state index contributed by atoms with van der Waals surface area (Å²) in [5.41, 5.74) is 0.348. The highest BCUT2D eigenvalue weighted by atomic mass is 35.5. The molecule has 1 aromatic carbocycles. The van der Waals surface area contributed by atoms with Crippen molar-refractivity contribution >= 4 is 34.4 Å². The van der Waals surface area contributed by atoms with Crippen LogP contribution in [0.25, 0.3) is 28.0 Å². The first-order valence-electron chi connectivity index (χ1n) is 12.7. The molecule has 0 aliphatic carbocycles.